The molecule has 1 heterocycles. The quantitative estimate of drug-likeness (QED) is 0.438. The zero-order valence-corrected chi connectivity index (χ0v) is 18.3. The molecule has 158 valence electrons. The van der Waals surface area contributed by atoms with E-state index in [1.807, 2.05) is 6.07 Å². The van der Waals surface area contributed by atoms with E-state index in [9.17, 15) is 0 Å². The number of guanidine groups is 1. The van der Waals surface area contributed by atoms with Crippen LogP contribution in [0.15, 0.2) is 65.9 Å². The molecule has 1 aromatic heterocycles. The molecule has 6 nitrogen and oxygen atoms in total. The highest BCUT2D eigenvalue weighted by Crippen LogP contribution is 2.10. The summed E-state index contributed by atoms with van der Waals surface area (Å²) < 4.78 is 2.09. The van der Waals surface area contributed by atoms with E-state index in [1.54, 1.807) is 6.33 Å². The molecule has 0 aliphatic rings. The van der Waals surface area contributed by atoms with E-state index in [-0.39, 0.29) is 0 Å². The van der Waals surface area contributed by atoms with Gasteiger partial charge in [0.25, 0.3) is 0 Å². The largest absolute Gasteiger partial charge is 0.354 e. The van der Waals surface area contributed by atoms with E-state index in [1.165, 1.54) is 16.7 Å². The molecule has 30 heavy (non-hydrogen) atoms. The fourth-order valence-corrected chi connectivity index (χ4v) is 3.39. The van der Waals surface area contributed by atoms with E-state index in [0.29, 0.717) is 0 Å². The van der Waals surface area contributed by atoms with Gasteiger partial charge in [0.2, 0.25) is 0 Å². The number of nitrogens with zero attached hydrogens (tertiary/aromatic N) is 5. The first-order valence-electron chi connectivity index (χ1n) is 10.6. The first-order valence-corrected chi connectivity index (χ1v) is 10.6. The van der Waals surface area contributed by atoms with Crippen molar-refractivity contribution in [3.63, 3.8) is 0 Å². The first-order chi connectivity index (χ1) is 14.7. The SMILES string of the molecule is CCc1nncn1CCNC(=NCCc1ccccc1)N(C)Cc1ccccc1C. The average Bonchev–Trinajstić information content (AvgIpc) is 3.22. The zero-order chi connectivity index (χ0) is 21.2. The average molecular weight is 405 g/mol. The Hall–Kier alpha value is -3.15. The Kier molecular flexibility index (Phi) is 8.01. The molecular weight excluding hydrogens is 372 g/mol. The van der Waals surface area contributed by atoms with Crippen molar-refractivity contribution in [3.8, 4) is 0 Å². The lowest BCUT2D eigenvalue weighted by molar-refractivity contribution is 0.469. The van der Waals surface area contributed by atoms with Crippen LogP contribution >= 0.6 is 0 Å². The van der Waals surface area contributed by atoms with Crippen LogP contribution in [0.3, 0.4) is 0 Å². The standard InChI is InChI=1S/C24H32N6/c1-4-23-28-27-19-30(23)17-16-26-24(25-15-14-21-11-6-5-7-12-21)29(3)18-22-13-9-8-10-20(22)2/h5-13,19H,4,14-18H2,1-3H3,(H,25,26). The first kappa shape index (κ1) is 21.6. The normalized spacial score (nSPS) is 11.5. The van der Waals surface area contributed by atoms with Gasteiger partial charge in [0.05, 0.1) is 0 Å². The predicted molar refractivity (Wildman–Crippen MR) is 122 cm³/mol. The lowest BCUT2D eigenvalue weighted by atomic mass is 10.1. The fourth-order valence-electron chi connectivity index (χ4n) is 3.39. The molecule has 0 amide bonds. The Morgan fingerprint density at radius 1 is 1.10 bits per heavy atom. The van der Waals surface area contributed by atoms with Crippen LogP contribution in [-0.4, -0.2) is 45.8 Å². The number of rotatable bonds is 9. The van der Waals surface area contributed by atoms with Gasteiger partial charge in [-0.2, -0.15) is 0 Å². The van der Waals surface area contributed by atoms with Gasteiger partial charge in [-0.1, -0.05) is 61.5 Å². The Bertz CT molecular complexity index is 932. The van der Waals surface area contributed by atoms with Gasteiger partial charge in [0.15, 0.2) is 5.96 Å². The van der Waals surface area contributed by atoms with Gasteiger partial charge in [0.1, 0.15) is 12.2 Å². The van der Waals surface area contributed by atoms with Gasteiger partial charge >= 0.3 is 0 Å². The summed E-state index contributed by atoms with van der Waals surface area (Å²) in [5, 5.41) is 11.7. The minimum absolute atomic E-state index is 0.747. The molecule has 3 aromatic rings. The molecule has 6 heteroatoms. The second kappa shape index (κ2) is 11.1. The van der Waals surface area contributed by atoms with Crippen LogP contribution < -0.4 is 5.32 Å². The molecule has 1 N–H and O–H groups in total. The number of hydrogen-bond acceptors (Lipinski definition) is 3. The summed E-state index contributed by atoms with van der Waals surface area (Å²) in [6.45, 7) is 7.40. The summed E-state index contributed by atoms with van der Waals surface area (Å²) in [5.41, 5.74) is 3.91. The van der Waals surface area contributed by atoms with Crippen LogP contribution in [0.1, 0.15) is 29.4 Å². The fraction of sp³-hybridized carbons (Fsp3) is 0.375. The highest BCUT2D eigenvalue weighted by Gasteiger charge is 2.09. The third kappa shape index (κ3) is 6.17. The zero-order valence-electron chi connectivity index (χ0n) is 18.3. The molecule has 0 unspecified atom stereocenters. The van der Waals surface area contributed by atoms with E-state index < -0.39 is 0 Å². The second-order valence-electron chi connectivity index (χ2n) is 7.44. The maximum atomic E-state index is 4.90. The van der Waals surface area contributed by atoms with E-state index >= 15 is 0 Å². The van der Waals surface area contributed by atoms with Gasteiger partial charge in [-0.3, -0.25) is 4.99 Å². The molecule has 0 saturated carbocycles. The molecule has 0 atom stereocenters. The molecule has 0 spiro atoms. The Balaban J connectivity index is 1.65. The smallest absolute Gasteiger partial charge is 0.194 e. The Morgan fingerprint density at radius 3 is 2.63 bits per heavy atom. The number of nitrogens with one attached hydrogen (secondary N) is 1. The predicted octanol–water partition coefficient (Wildman–Crippen LogP) is 3.47. The third-order valence-electron chi connectivity index (χ3n) is 5.18. The second-order valence-corrected chi connectivity index (χ2v) is 7.44. The van der Waals surface area contributed by atoms with Gasteiger partial charge in [-0.15, -0.1) is 10.2 Å². The van der Waals surface area contributed by atoms with Crippen molar-refractivity contribution in [3.05, 3.63) is 83.4 Å². The van der Waals surface area contributed by atoms with Crippen LogP contribution in [0.2, 0.25) is 0 Å². The van der Waals surface area contributed by atoms with Crippen molar-refractivity contribution < 1.29 is 0 Å². The monoisotopic (exact) mass is 404 g/mol. The number of aryl methyl sites for hydroxylation is 2. The lowest BCUT2D eigenvalue weighted by Gasteiger charge is -2.23. The topological polar surface area (TPSA) is 58.3 Å². The van der Waals surface area contributed by atoms with Crippen LogP contribution in [0.4, 0.5) is 0 Å². The van der Waals surface area contributed by atoms with E-state index in [0.717, 1.165) is 50.8 Å². The van der Waals surface area contributed by atoms with E-state index in [4.69, 9.17) is 4.99 Å². The van der Waals surface area contributed by atoms with Crippen molar-refractivity contribution in [1.82, 2.24) is 25.0 Å². The van der Waals surface area contributed by atoms with Crippen LogP contribution in [0, 0.1) is 6.92 Å². The number of aliphatic imine (C=N–C) groups is 1. The summed E-state index contributed by atoms with van der Waals surface area (Å²) in [6.07, 6.45) is 3.60. The van der Waals surface area contributed by atoms with Crippen molar-refractivity contribution in [2.75, 3.05) is 20.1 Å². The van der Waals surface area contributed by atoms with Gasteiger partial charge in [0, 0.05) is 39.6 Å². The summed E-state index contributed by atoms with van der Waals surface area (Å²) in [4.78, 5) is 7.09. The molecule has 0 fully saturated rings. The summed E-state index contributed by atoms with van der Waals surface area (Å²) in [7, 11) is 2.09. The van der Waals surface area contributed by atoms with Crippen LogP contribution in [0.25, 0.3) is 0 Å². The molecule has 0 aliphatic heterocycles. The summed E-state index contributed by atoms with van der Waals surface area (Å²) >= 11 is 0. The number of hydrogen-bond donors (Lipinski definition) is 1. The van der Waals surface area contributed by atoms with Crippen LogP contribution in [-0.2, 0) is 25.9 Å². The van der Waals surface area contributed by atoms with Gasteiger partial charge < -0.3 is 14.8 Å². The third-order valence-corrected chi connectivity index (χ3v) is 5.18. The highest BCUT2D eigenvalue weighted by atomic mass is 15.3. The van der Waals surface area contributed by atoms with E-state index in [2.05, 4.69) is 94.4 Å². The number of aromatic nitrogens is 3. The summed E-state index contributed by atoms with van der Waals surface area (Å²) in [5.74, 6) is 1.92. The molecule has 0 aliphatic carbocycles. The molecule has 0 saturated heterocycles. The minimum atomic E-state index is 0.747. The Labute approximate surface area is 179 Å². The van der Waals surface area contributed by atoms with Crippen molar-refractivity contribution >= 4 is 5.96 Å². The maximum absolute atomic E-state index is 4.90. The lowest BCUT2D eigenvalue weighted by Crippen LogP contribution is -2.40. The molecular formula is C24H32N6. The minimum Gasteiger partial charge on any atom is -0.354 e. The molecule has 0 bridgehead atoms. The molecule has 2 aromatic carbocycles. The van der Waals surface area contributed by atoms with Gasteiger partial charge in [-0.05, 0) is 30.0 Å². The molecule has 0 radical (unpaired) electrons. The molecule has 3 rings (SSSR count). The Morgan fingerprint density at radius 2 is 1.87 bits per heavy atom. The maximum Gasteiger partial charge on any atom is 0.194 e. The highest BCUT2D eigenvalue weighted by molar-refractivity contribution is 5.79. The van der Waals surface area contributed by atoms with Crippen LogP contribution in [0.5, 0.6) is 0 Å². The van der Waals surface area contributed by atoms with Crippen molar-refractivity contribution in [2.45, 2.75) is 39.8 Å². The summed E-state index contributed by atoms with van der Waals surface area (Å²) in [6, 6.07) is 19.0. The van der Waals surface area contributed by atoms with Gasteiger partial charge in [-0.25, -0.2) is 0 Å². The number of benzene rings is 2. The van der Waals surface area contributed by atoms with Crippen molar-refractivity contribution in [2.24, 2.45) is 4.99 Å². The van der Waals surface area contributed by atoms with Crippen molar-refractivity contribution in [1.29, 1.82) is 0 Å².